The number of hydrogen-bond acceptors (Lipinski definition) is 3. The smallest absolute Gasteiger partial charge is 0.220 e. The zero-order valence-corrected chi connectivity index (χ0v) is 13.0. The Morgan fingerprint density at radius 1 is 1.47 bits per heavy atom. The number of carbonyl (C=O) groups is 1. The molecule has 1 atom stereocenters. The van der Waals surface area contributed by atoms with E-state index in [-0.39, 0.29) is 24.4 Å². The number of carbonyl (C=O) groups excluding carboxylic acids is 1. The molecule has 1 heterocycles. The van der Waals surface area contributed by atoms with E-state index in [2.05, 4.69) is 10.4 Å². The van der Waals surface area contributed by atoms with Crippen LogP contribution in [0.2, 0.25) is 0 Å². The van der Waals surface area contributed by atoms with Gasteiger partial charge in [-0.3, -0.25) is 9.48 Å². The van der Waals surface area contributed by atoms with Crippen molar-refractivity contribution >= 4 is 18.3 Å². The molecule has 0 aliphatic rings. The summed E-state index contributed by atoms with van der Waals surface area (Å²) in [4.78, 5) is 11.5. The predicted molar refractivity (Wildman–Crippen MR) is 79.5 cm³/mol. The van der Waals surface area contributed by atoms with Gasteiger partial charge in [-0.2, -0.15) is 5.10 Å². The van der Waals surface area contributed by atoms with Crippen LogP contribution in [0.5, 0.6) is 0 Å². The first-order valence-electron chi connectivity index (χ1n) is 6.43. The molecule has 5 nitrogen and oxygen atoms in total. The van der Waals surface area contributed by atoms with Crippen LogP contribution in [-0.2, 0) is 18.3 Å². The zero-order chi connectivity index (χ0) is 13.7. The molecule has 0 radical (unpaired) electrons. The van der Waals surface area contributed by atoms with Gasteiger partial charge in [0.25, 0.3) is 0 Å². The molecule has 1 aromatic rings. The molecule has 110 valence electrons. The molecule has 1 aromatic heterocycles. The molecule has 0 saturated carbocycles. The van der Waals surface area contributed by atoms with E-state index >= 15 is 0 Å². The summed E-state index contributed by atoms with van der Waals surface area (Å²) in [6.45, 7) is 6.62. The van der Waals surface area contributed by atoms with E-state index in [4.69, 9.17) is 5.73 Å². The van der Waals surface area contributed by atoms with Gasteiger partial charge in [-0.1, -0.05) is 0 Å². The van der Waals surface area contributed by atoms with Crippen molar-refractivity contribution in [1.82, 2.24) is 15.1 Å². The number of nitrogens with two attached hydrogens (primary N) is 1. The van der Waals surface area contributed by atoms with Crippen molar-refractivity contribution < 1.29 is 4.79 Å². The van der Waals surface area contributed by atoms with E-state index < -0.39 is 0 Å². The molecule has 0 spiro atoms. The van der Waals surface area contributed by atoms with Gasteiger partial charge in [0.2, 0.25) is 5.91 Å². The number of aryl methyl sites for hydroxylation is 2. The van der Waals surface area contributed by atoms with Gasteiger partial charge < -0.3 is 11.1 Å². The van der Waals surface area contributed by atoms with Gasteiger partial charge in [0.1, 0.15) is 0 Å². The van der Waals surface area contributed by atoms with E-state index in [1.807, 2.05) is 32.5 Å². The highest BCUT2D eigenvalue weighted by molar-refractivity contribution is 5.85. The SMILES string of the molecule is Cc1nn(C)c(C)c1CCNC(=O)CCC(C)N.Cl. The largest absolute Gasteiger partial charge is 0.356 e. The third kappa shape index (κ3) is 5.61. The monoisotopic (exact) mass is 288 g/mol. The topological polar surface area (TPSA) is 72.9 Å². The highest BCUT2D eigenvalue weighted by atomic mass is 35.5. The van der Waals surface area contributed by atoms with Gasteiger partial charge >= 0.3 is 0 Å². The molecule has 6 heteroatoms. The number of rotatable bonds is 6. The minimum atomic E-state index is 0. The molecule has 0 fully saturated rings. The van der Waals surface area contributed by atoms with Gasteiger partial charge in [0.15, 0.2) is 0 Å². The molecule has 19 heavy (non-hydrogen) atoms. The summed E-state index contributed by atoms with van der Waals surface area (Å²) in [6, 6.07) is 0.0820. The highest BCUT2D eigenvalue weighted by Gasteiger charge is 2.09. The first-order chi connectivity index (χ1) is 8.41. The van der Waals surface area contributed by atoms with E-state index in [0.717, 1.165) is 24.2 Å². The molecule has 3 N–H and O–H groups in total. The van der Waals surface area contributed by atoms with Crippen molar-refractivity contribution in [2.75, 3.05) is 6.54 Å². The Hall–Kier alpha value is -1.07. The molecule has 1 amide bonds. The van der Waals surface area contributed by atoms with Crippen molar-refractivity contribution in [2.45, 2.75) is 46.1 Å². The van der Waals surface area contributed by atoms with E-state index in [9.17, 15) is 4.79 Å². The number of halogens is 1. The lowest BCUT2D eigenvalue weighted by Gasteiger charge is -2.07. The second-order valence-electron chi connectivity index (χ2n) is 4.89. The normalized spacial score (nSPS) is 11.8. The lowest BCUT2D eigenvalue weighted by Crippen LogP contribution is -2.27. The maximum atomic E-state index is 11.5. The van der Waals surface area contributed by atoms with Gasteiger partial charge in [-0.05, 0) is 39.2 Å². The minimum Gasteiger partial charge on any atom is -0.356 e. The number of amides is 1. The summed E-state index contributed by atoms with van der Waals surface area (Å²) in [6.07, 6.45) is 2.06. The summed E-state index contributed by atoms with van der Waals surface area (Å²) in [5.41, 5.74) is 9.04. The zero-order valence-electron chi connectivity index (χ0n) is 12.2. The molecular weight excluding hydrogens is 264 g/mol. The van der Waals surface area contributed by atoms with Crippen LogP contribution in [0.3, 0.4) is 0 Å². The summed E-state index contributed by atoms with van der Waals surface area (Å²) in [5, 5.41) is 7.27. The first kappa shape index (κ1) is 17.9. The third-order valence-electron chi connectivity index (χ3n) is 3.18. The van der Waals surface area contributed by atoms with Crippen LogP contribution >= 0.6 is 12.4 Å². The van der Waals surface area contributed by atoms with E-state index in [1.54, 1.807) is 0 Å². The van der Waals surface area contributed by atoms with Gasteiger partial charge in [0, 0.05) is 31.7 Å². The maximum absolute atomic E-state index is 11.5. The summed E-state index contributed by atoms with van der Waals surface area (Å²) >= 11 is 0. The van der Waals surface area contributed by atoms with E-state index in [0.29, 0.717) is 13.0 Å². The Morgan fingerprint density at radius 3 is 2.58 bits per heavy atom. The quantitative estimate of drug-likeness (QED) is 0.827. The average molecular weight is 289 g/mol. The van der Waals surface area contributed by atoms with Crippen LogP contribution in [0, 0.1) is 13.8 Å². The third-order valence-corrected chi connectivity index (χ3v) is 3.18. The summed E-state index contributed by atoms with van der Waals surface area (Å²) in [7, 11) is 1.94. The number of nitrogens with zero attached hydrogens (tertiary/aromatic N) is 2. The van der Waals surface area contributed by atoms with Crippen LogP contribution in [0.4, 0.5) is 0 Å². The van der Waals surface area contributed by atoms with Crippen LogP contribution in [0.25, 0.3) is 0 Å². The van der Waals surface area contributed by atoms with Crippen molar-refractivity contribution in [3.63, 3.8) is 0 Å². The van der Waals surface area contributed by atoms with Crippen molar-refractivity contribution in [1.29, 1.82) is 0 Å². The van der Waals surface area contributed by atoms with Crippen molar-refractivity contribution in [3.8, 4) is 0 Å². The van der Waals surface area contributed by atoms with Crippen molar-refractivity contribution in [2.24, 2.45) is 12.8 Å². The molecule has 1 unspecified atom stereocenters. The van der Waals surface area contributed by atoms with Crippen LogP contribution in [0.1, 0.15) is 36.7 Å². The Morgan fingerprint density at radius 2 is 2.11 bits per heavy atom. The lowest BCUT2D eigenvalue weighted by atomic mass is 10.1. The molecule has 0 aliphatic carbocycles. The highest BCUT2D eigenvalue weighted by Crippen LogP contribution is 2.11. The average Bonchev–Trinajstić information content (AvgIpc) is 2.53. The van der Waals surface area contributed by atoms with Gasteiger partial charge in [-0.15, -0.1) is 12.4 Å². The molecule has 0 bridgehead atoms. The lowest BCUT2D eigenvalue weighted by molar-refractivity contribution is -0.121. The maximum Gasteiger partial charge on any atom is 0.220 e. The van der Waals surface area contributed by atoms with Gasteiger partial charge in [-0.25, -0.2) is 0 Å². The first-order valence-corrected chi connectivity index (χ1v) is 6.43. The molecule has 0 saturated heterocycles. The second kappa shape index (κ2) is 8.17. The van der Waals surface area contributed by atoms with Gasteiger partial charge in [0.05, 0.1) is 5.69 Å². The Balaban J connectivity index is 0.00000324. The summed E-state index contributed by atoms with van der Waals surface area (Å²) < 4.78 is 1.88. The minimum absolute atomic E-state index is 0. The second-order valence-corrected chi connectivity index (χ2v) is 4.89. The molecule has 0 aromatic carbocycles. The molecular formula is C13H25ClN4O. The Labute approximate surface area is 121 Å². The van der Waals surface area contributed by atoms with Crippen LogP contribution in [0.15, 0.2) is 0 Å². The Bertz CT molecular complexity index is 415. The predicted octanol–water partition coefficient (Wildman–Crippen LogP) is 1.24. The fourth-order valence-corrected chi connectivity index (χ4v) is 1.95. The number of nitrogens with one attached hydrogen (secondary N) is 1. The standard InChI is InChI=1S/C13H24N4O.ClH/c1-9(14)5-6-13(18)15-8-7-12-10(2)16-17(4)11(12)3;/h9H,5-8,14H2,1-4H3,(H,15,18);1H. The fraction of sp³-hybridized carbons (Fsp3) is 0.692. The fourth-order valence-electron chi connectivity index (χ4n) is 1.95. The van der Waals surface area contributed by atoms with Crippen LogP contribution < -0.4 is 11.1 Å². The van der Waals surface area contributed by atoms with Crippen LogP contribution in [-0.4, -0.2) is 28.3 Å². The summed E-state index contributed by atoms with van der Waals surface area (Å²) in [5.74, 6) is 0.0755. The number of hydrogen-bond donors (Lipinski definition) is 2. The van der Waals surface area contributed by atoms with Crippen molar-refractivity contribution in [3.05, 3.63) is 17.0 Å². The number of aromatic nitrogens is 2. The molecule has 1 rings (SSSR count). The Kier molecular flexibility index (Phi) is 7.71. The van der Waals surface area contributed by atoms with E-state index in [1.165, 1.54) is 5.56 Å². The molecule has 0 aliphatic heterocycles.